The van der Waals surface area contributed by atoms with E-state index in [4.69, 9.17) is 10.8 Å². The van der Waals surface area contributed by atoms with E-state index in [0.29, 0.717) is 0 Å². The van der Waals surface area contributed by atoms with Crippen molar-refractivity contribution in [1.82, 2.24) is 0 Å². The van der Waals surface area contributed by atoms with E-state index in [9.17, 15) is 14.0 Å². The van der Waals surface area contributed by atoms with Crippen LogP contribution in [0.25, 0.3) is 0 Å². The first-order valence-corrected chi connectivity index (χ1v) is 4.28. The summed E-state index contributed by atoms with van der Waals surface area (Å²) in [5.41, 5.74) is 5.45. The van der Waals surface area contributed by atoms with Gasteiger partial charge >= 0.3 is 5.97 Å². The van der Waals surface area contributed by atoms with Gasteiger partial charge in [0, 0.05) is 12.0 Å². The second-order valence-corrected chi connectivity index (χ2v) is 3.08. The Kier molecular flexibility index (Phi) is 3.51. The molecule has 0 unspecified atom stereocenters. The smallest absolute Gasteiger partial charge is 0.320 e. The minimum absolute atomic E-state index is 0.258. The van der Waals surface area contributed by atoms with Crippen LogP contribution in [-0.2, 0) is 4.79 Å². The van der Waals surface area contributed by atoms with Crippen molar-refractivity contribution in [2.75, 3.05) is 0 Å². The Hall–Kier alpha value is -1.75. The number of carbonyl (C=O) groups is 2. The second kappa shape index (κ2) is 4.65. The molecule has 3 N–H and O–H groups in total. The number of Topliss-reactive ketones (excluding diaryl/α,β-unsaturated/α-hetero) is 1. The topological polar surface area (TPSA) is 80.4 Å². The second-order valence-electron chi connectivity index (χ2n) is 3.08. The van der Waals surface area contributed by atoms with Crippen molar-refractivity contribution < 1.29 is 19.1 Å². The molecule has 80 valence electrons. The van der Waals surface area contributed by atoms with Crippen LogP contribution in [-0.4, -0.2) is 22.9 Å². The van der Waals surface area contributed by atoms with Gasteiger partial charge in [-0.25, -0.2) is 4.39 Å². The Labute approximate surface area is 85.5 Å². The maximum Gasteiger partial charge on any atom is 0.320 e. The van der Waals surface area contributed by atoms with Crippen molar-refractivity contribution in [2.24, 2.45) is 5.73 Å². The molecule has 0 aliphatic rings. The third-order valence-electron chi connectivity index (χ3n) is 1.89. The van der Waals surface area contributed by atoms with Crippen LogP contribution in [0.5, 0.6) is 0 Å². The first-order valence-electron chi connectivity index (χ1n) is 4.28. The highest BCUT2D eigenvalue weighted by atomic mass is 19.1. The lowest BCUT2D eigenvalue weighted by Crippen LogP contribution is -2.32. The molecule has 4 nitrogen and oxygen atoms in total. The lowest BCUT2D eigenvalue weighted by Gasteiger charge is -2.04. The van der Waals surface area contributed by atoms with Crippen LogP contribution in [0.2, 0.25) is 0 Å². The van der Waals surface area contributed by atoms with E-state index in [0.717, 1.165) is 12.1 Å². The van der Waals surface area contributed by atoms with Crippen molar-refractivity contribution in [3.8, 4) is 0 Å². The average Bonchev–Trinajstić information content (AvgIpc) is 2.18. The number of benzene rings is 1. The normalized spacial score (nSPS) is 12.1. The molecule has 0 aromatic heterocycles. The zero-order chi connectivity index (χ0) is 11.4. The lowest BCUT2D eigenvalue weighted by atomic mass is 10.0. The van der Waals surface area contributed by atoms with Crippen LogP contribution < -0.4 is 5.73 Å². The summed E-state index contributed by atoms with van der Waals surface area (Å²) in [6, 6.07) is 3.65. The first kappa shape index (κ1) is 11.3. The van der Waals surface area contributed by atoms with Crippen molar-refractivity contribution >= 4 is 11.8 Å². The Morgan fingerprint density at radius 2 is 1.87 bits per heavy atom. The van der Waals surface area contributed by atoms with Crippen LogP contribution in [0.15, 0.2) is 24.3 Å². The number of aliphatic carboxylic acids is 1. The molecule has 0 saturated carbocycles. The van der Waals surface area contributed by atoms with Crippen molar-refractivity contribution in [3.05, 3.63) is 35.6 Å². The maximum atomic E-state index is 12.5. The molecule has 1 rings (SSSR count). The number of halogens is 1. The summed E-state index contributed by atoms with van der Waals surface area (Å²) in [5.74, 6) is -2.09. The number of carboxylic acid groups (broad SMARTS) is 1. The zero-order valence-corrected chi connectivity index (χ0v) is 7.81. The van der Waals surface area contributed by atoms with Gasteiger partial charge in [-0.2, -0.15) is 0 Å². The summed E-state index contributed by atoms with van der Waals surface area (Å²) in [7, 11) is 0. The van der Waals surface area contributed by atoms with Gasteiger partial charge in [-0.15, -0.1) is 0 Å². The SMILES string of the molecule is N[C@H](CC(=O)c1ccc(F)cc1)C(=O)O. The third-order valence-corrected chi connectivity index (χ3v) is 1.89. The highest BCUT2D eigenvalue weighted by molar-refractivity contribution is 5.98. The quantitative estimate of drug-likeness (QED) is 0.722. The molecule has 0 bridgehead atoms. The van der Waals surface area contributed by atoms with E-state index in [2.05, 4.69) is 0 Å². The molecular weight excluding hydrogens is 201 g/mol. The van der Waals surface area contributed by atoms with Gasteiger partial charge in [0.25, 0.3) is 0 Å². The van der Waals surface area contributed by atoms with E-state index in [1.165, 1.54) is 12.1 Å². The molecule has 1 aromatic rings. The molecule has 0 aliphatic carbocycles. The number of carbonyl (C=O) groups excluding carboxylic acids is 1. The molecule has 1 atom stereocenters. The summed E-state index contributed by atoms with van der Waals surface area (Å²) in [5, 5.41) is 8.48. The number of hydrogen-bond acceptors (Lipinski definition) is 3. The van der Waals surface area contributed by atoms with Gasteiger partial charge in [0.15, 0.2) is 5.78 Å². The minimum atomic E-state index is -1.23. The molecule has 0 heterocycles. The van der Waals surface area contributed by atoms with Crippen LogP contribution in [0.1, 0.15) is 16.8 Å². The summed E-state index contributed by atoms with van der Waals surface area (Å²) >= 11 is 0. The van der Waals surface area contributed by atoms with Crippen molar-refractivity contribution in [1.29, 1.82) is 0 Å². The molecular formula is C10H10FNO3. The molecule has 15 heavy (non-hydrogen) atoms. The Morgan fingerprint density at radius 3 is 2.33 bits per heavy atom. The third kappa shape index (κ3) is 3.14. The molecule has 0 radical (unpaired) electrons. The van der Waals surface area contributed by atoms with Crippen LogP contribution in [0.3, 0.4) is 0 Å². The highest BCUT2D eigenvalue weighted by Crippen LogP contribution is 2.06. The Morgan fingerprint density at radius 1 is 1.33 bits per heavy atom. The minimum Gasteiger partial charge on any atom is -0.480 e. The standard InChI is InChI=1S/C10H10FNO3/c11-7-3-1-6(2-4-7)9(13)5-8(12)10(14)15/h1-4,8H,5,12H2,(H,14,15)/t8-/m1/s1. The Bertz CT molecular complexity index is 375. The molecule has 1 aromatic carbocycles. The predicted molar refractivity (Wildman–Crippen MR) is 51.0 cm³/mol. The number of carboxylic acids is 1. The zero-order valence-electron chi connectivity index (χ0n) is 7.81. The molecule has 0 spiro atoms. The molecule has 0 amide bonds. The van der Waals surface area contributed by atoms with Gasteiger partial charge in [-0.3, -0.25) is 9.59 Å². The number of ketones is 1. The maximum absolute atomic E-state index is 12.5. The Balaban J connectivity index is 2.69. The van der Waals surface area contributed by atoms with Gasteiger partial charge in [0.1, 0.15) is 11.9 Å². The van der Waals surface area contributed by atoms with Crippen LogP contribution in [0.4, 0.5) is 4.39 Å². The van der Waals surface area contributed by atoms with Gasteiger partial charge in [0.05, 0.1) is 0 Å². The van der Waals surface area contributed by atoms with Gasteiger partial charge in [-0.05, 0) is 24.3 Å². The number of nitrogens with two attached hydrogens (primary N) is 1. The number of rotatable bonds is 4. The summed E-state index contributed by atoms with van der Waals surface area (Å²) in [4.78, 5) is 21.8. The van der Waals surface area contributed by atoms with Crippen molar-refractivity contribution in [3.63, 3.8) is 0 Å². The van der Waals surface area contributed by atoms with Crippen molar-refractivity contribution in [2.45, 2.75) is 12.5 Å². The summed E-state index contributed by atoms with van der Waals surface area (Å²) in [6.45, 7) is 0. The fourth-order valence-corrected chi connectivity index (χ4v) is 1.04. The predicted octanol–water partition coefficient (Wildman–Crippen LogP) is 0.810. The van der Waals surface area contributed by atoms with Gasteiger partial charge < -0.3 is 10.8 Å². The van der Waals surface area contributed by atoms with Gasteiger partial charge in [-0.1, -0.05) is 0 Å². The highest BCUT2D eigenvalue weighted by Gasteiger charge is 2.17. The van der Waals surface area contributed by atoms with Gasteiger partial charge in [0.2, 0.25) is 0 Å². The fourth-order valence-electron chi connectivity index (χ4n) is 1.04. The van der Waals surface area contributed by atoms with E-state index in [-0.39, 0.29) is 12.0 Å². The van der Waals surface area contributed by atoms with E-state index >= 15 is 0 Å². The fraction of sp³-hybridized carbons (Fsp3) is 0.200. The summed E-state index contributed by atoms with van der Waals surface area (Å²) in [6.07, 6.45) is -0.291. The molecule has 0 fully saturated rings. The largest absolute Gasteiger partial charge is 0.480 e. The lowest BCUT2D eigenvalue weighted by molar-refractivity contribution is -0.138. The van der Waals surface area contributed by atoms with E-state index in [1.807, 2.05) is 0 Å². The van der Waals surface area contributed by atoms with Crippen LogP contribution >= 0.6 is 0 Å². The summed E-state index contributed by atoms with van der Waals surface area (Å²) < 4.78 is 12.5. The number of hydrogen-bond donors (Lipinski definition) is 2. The van der Waals surface area contributed by atoms with E-state index < -0.39 is 23.6 Å². The van der Waals surface area contributed by atoms with E-state index in [1.54, 1.807) is 0 Å². The average molecular weight is 211 g/mol. The first-order chi connectivity index (χ1) is 7.00. The monoisotopic (exact) mass is 211 g/mol. The van der Waals surface area contributed by atoms with Crippen LogP contribution in [0, 0.1) is 5.82 Å². The molecule has 5 heteroatoms. The molecule has 0 saturated heterocycles. The molecule has 0 aliphatic heterocycles.